The molecular formula is C22H42O11. The van der Waals surface area contributed by atoms with Gasteiger partial charge in [0.15, 0.2) is 12.6 Å². The summed E-state index contributed by atoms with van der Waals surface area (Å²) in [6, 6.07) is 0. The van der Waals surface area contributed by atoms with Crippen LogP contribution in [0.4, 0.5) is 0 Å². The van der Waals surface area contributed by atoms with E-state index in [1.165, 1.54) is 32.1 Å². The van der Waals surface area contributed by atoms with Gasteiger partial charge in [-0.25, -0.2) is 0 Å². The predicted octanol–water partition coefficient (Wildman–Crippen LogP) is -1.23. The summed E-state index contributed by atoms with van der Waals surface area (Å²) in [5.41, 5.74) is 0. The van der Waals surface area contributed by atoms with Crippen molar-refractivity contribution in [2.75, 3.05) is 19.8 Å². The van der Waals surface area contributed by atoms with Gasteiger partial charge < -0.3 is 54.7 Å². The summed E-state index contributed by atoms with van der Waals surface area (Å²) in [6.45, 7) is 1.28. The Kier molecular flexibility index (Phi) is 13.0. The molecule has 2 saturated heterocycles. The second kappa shape index (κ2) is 14.8. The quantitative estimate of drug-likeness (QED) is 0.147. The molecule has 196 valence electrons. The maximum atomic E-state index is 10.6. The van der Waals surface area contributed by atoms with E-state index >= 15 is 0 Å². The summed E-state index contributed by atoms with van der Waals surface area (Å²) < 4.78 is 22.0. The SMILES string of the molecule is CCCCCCCCCCOC1O[C@H](CO)[C@@H](O[C@H]2O[C@H](CO)[C@@H](O)[C@H](O)[C@H]2O)[C@H](O)[C@H]1O. The van der Waals surface area contributed by atoms with Crippen molar-refractivity contribution in [3.8, 4) is 0 Å². The van der Waals surface area contributed by atoms with Crippen LogP contribution in [0, 0.1) is 0 Å². The third-order valence-corrected chi connectivity index (χ3v) is 6.24. The van der Waals surface area contributed by atoms with Crippen molar-refractivity contribution in [1.82, 2.24) is 0 Å². The first-order valence-corrected chi connectivity index (χ1v) is 12.1. The van der Waals surface area contributed by atoms with Gasteiger partial charge in [0.2, 0.25) is 0 Å². The Morgan fingerprint density at radius 1 is 0.606 bits per heavy atom. The highest BCUT2D eigenvalue weighted by Crippen LogP contribution is 2.29. The molecule has 0 bridgehead atoms. The van der Waals surface area contributed by atoms with Crippen molar-refractivity contribution < 1.29 is 54.7 Å². The monoisotopic (exact) mass is 482 g/mol. The van der Waals surface area contributed by atoms with Crippen molar-refractivity contribution in [3.63, 3.8) is 0 Å². The molecule has 0 spiro atoms. The smallest absolute Gasteiger partial charge is 0.187 e. The molecule has 0 aliphatic carbocycles. The third kappa shape index (κ3) is 8.04. The number of hydrogen-bond donors (Lipinski definition) is 7. The van der Waals surface area contributed by atoms with Gasteiger partial charge in [-0.1, -0.05) is 51.9 Å². The number of hydrogen-bond acceptors (Lipinski definition) is 11. The Morgan fingerprint density at radius 3 is 1.76 bits per heavy atom. The molecule has 33 heavy (non-hydrogen) atoms. The lowest BCUT2D eigenvalue weighted by molar-refractivity contribution is -0.359. The van der Waals surface area contributed by atoms with Gasteiger partial charge in [-0.3, -0.25) is 0 Å². The van der Waals surface area contributed by atoms with Crippen LogP contribution in [-0.2, 0) is 18.9 Å². The molecule has 7 N–H and O–H groups in total. The van der Waals surface area contributed by atoms with Gasteiger partial charge in [-0.15, -0.1) is 0 Å². The maximum absolute atomic E-state index is 10.6. The predicted molar refractivity (Wildman–Crippen MR) is 115 cm³/mol. The van der Waals surface area contributed by atoms with Crippen LogP contribution in [-0.4, -0.2) is 117 Å². The Bertz CT molecular complexity index is 521. The molecule has 0 radical (unpaired) electrons. The fourth-order valence-corrected chi connectivity index (χ4v) is 4.13. The highest BCUT2D eigenvalue weighted by molar-refractivity contribution is 4.94. The molecule has 11 heteroatoms. The summed E-state index contributed by atoms with van der Waals surface area (Å²) in [5.74, 6) is 0. The van der Waals surface area contributed by atoms with Gasteiger partial charge in [-0.2, -0.15) is 0 Å². The number of ether oxygens (including phenoxy) is 4. The fourth-order valence-electron chi connectivity index (χ4n) is 4.13. The molecule has 0 aromatic heterocycles. The lowest BCUT2D eigenvalue weighted by Gasteiger charge is -2.45. The van der Waals surface area contributed by atoms with E-state index < -0.39 is 74.6 Å². The van der Waals surface area contributed by atoms with Crippen LogP contribution in [0.2, 0.25) is 0 Å². The molecule has 0 aromatic carbocycles. The minimum absolute atomic E-state index is 0.319. The van der Waals surface area contributed by atoms with Gasteiger partial charge in [0.25, 0.3) is 0 Å². The zero-order valence-corrected chi connectivity index (χ0v) is 19.3. The molecule has 1 unspecified atom stereocenters. The Hall–Kier alpha value is -0.440. The molecule has 11 nitrogen and oxygen atoms in total. The first kappa shape index (κ1) is 28.8. The van der Waals surface area contributed by atoms with Crippen LogP contribution in [0.5, 0.6) is 0 Å². The minimum atomic E-state index is -1.69. The van der Waals surface area contributed by atoms with E-state index in [0.29, 0.717) is 6.61 Å². The van der Waals surface area contributed by atoms with E-state index in [-0.39, 0.29) is 0 Å². The molecule has 10 atom stereocenters. The molecule has 2 aliphatic heterocycles. The zero-order valence-electron chi connectivity index (χ0n) is 19.3. The van der Waals surface area contributed by atoms with Crippen LogP contribution in [0.3, 0.4) is 0 Å². The average molecular weight is 483 g/mol. The molecule has 2 rings (SSSR count). The second-order valence-electron chi connectivity index (χ2n) is 8.85. The molecule has 2 heterocycles. The van der Waals surface area contributed by atoms with Gasteiger partial charge in [-0.05, 0) is 6.42 Å². The average Bonchev–Trinajstić information content (AvgIpc) is 2.82. The van der Waals surface area contributed by atoms with E-state index in [2.05, 4.69) is 6.92 Å². The fraction of sp³-hybridized carbons (Fsp3) is 1.00. The number of aliphatic hydroxyl groups is 7. The van der Waals surface area contributed by atoms with E-state index in [4.69, 9.17) is 18.9 Å². The summed E-state index contributed by atoms with van der Waals surface area (Å²) in [4.78, 5) is 0. The maximum Gasteiger partial charge on any atom is 0.187 e. The van der Waals surface area contributed by atoms with Gasteiger partial charge in [0, 0.05) is 6.61 Å². The Balaban J connectivity index is 1.82. The molecule has 0 aromatic rings. The minimum Gasteiger partial charge on any atom is -0.394 e. The second-order valence-corrected chi connectivity index (χ2v) is 8.85. The summed E-state index contributed by atoms with van der Waals surface area (Å²) >= 11 is 0. The van der Waals surface area contributed by atoms with Crippen molar-refractivity contribution in [1.29, 1.82) is 0 Å². The highest BCUT2D eigenvalue weighted by Gasteiger charge is 2.50. The summed E-state index contributed by atoms with van der Waals surface area (Å²) in [5, 5.41) is 69.9. The highest BCUT2D eigenvalue weighted by atomic mass is 16.7. The van der Waals surface area contributed by atoms with E-state index in [9.17, 15) is 35.7 Å². The van der Waals surface area contributed by atoms with Crippen LogP contribution < -0.4 is 0 Å². The Morgan fingerprint density at radius 2 is 1.15 bits per heavy atom. The largest absolute Gasteiger partial charge is 0.394 e. The van der Waals surface area contributed by atoms with Crippen LogP contribution in [0.25, 0.3) is 0 Å². The van der Waals surface area contributed by atoms with E-state index in [1.54, 1.807) is 0 Å². The van der Waals surface area contributed by atoms with Gasteiger partial charge >= 0.3 is 0 Å². The van der Waals surface area contributed by atoms with E-state index in [0.717, 1.165) is 19.3 Å². The van der Waals surface area contributed by atoms with Crippen molar-refractivity contribution in [2.45, 2.75) is 120 Å². The molecule has 2 aliphatic rings. The first-order valence-electron chi connectivity index (χ1n) is 12.1. The lowest BCUT2D eigenvalue weighted by atomic mass is 9.97. The lowest BCUT2D eigenvalue weighted by Crippen LogP contribution is -2.64. The standard InChI is InChI=1S/C22H42O11/c1-2-3-4-5-6-7-8-9-10-30-21-19(29)17(27)20(14(12-24)32-21)33-22-18(28)16(26)15(25)13(11-23)31-22/h13-29H,2-12H2,1H3/t13-,14-,15-,16+,17-,18-,19-,20-,21?,22-/m1/s1. The summed E-state index contributed by atoms with van der Waals surface area (Å²) in [6.07, 6.45) is -5.35. The summed E-state index contributed by atoms with van der Waals surface area (Å²) in [7, 11) is 0. The van der Waals surface area contributed by atoms with Crippen LogP contribution >= 0.6 is 0 Å². The van der Waals surface area contributed by atoms with Gasteiger partial charge in [0.1, 0.15) is 48.8 Å². The first-order chi connectivity index (χ1) is 15.8. The van der Waals surface area contributed by atoms with Crippen LogP contribution in [0.15, 0.2) is 0 Å². The van der Waals surface area contributed by atoms with Crippen molar-refractivity contribution >= 4 is 0 Å². The van der Waals surface area contributed by atoms with Crippen LogP contribution in [0.1, 0.15) is 58.3 Å². The number of unbranched alkanes of at least 4 members (excludes halogenated alkanes) is 7. The third-order valence-electron chi connectivity index (χ3n) is 6.24. The molecule has 0 saturated carbocycles. The topological polar surface area (TPSA) is 179 Å². The van der Waals surface area contributed by atoms with Crippen molar-refractivity contribution in [3.05, 3.63) is 0 Å². The molecule has 0 amide bonds. The number of aliphatic hydroxyl groups excluding tert-OH is 7. The Labute approximate surface area is 194 Å². The van der Waals surface area contributed by atoms with Gasteiger partial charge in [0.05, 0.1) is 13.2 Å². The van der Waals surface area contributed by atoms with Crippen molar-refractivity contribution in [2.24, 2.45) is 0 Å². The zero-order chi connectivity index (χ0) is 24.4. The van der Waals surface area contributed by atoms with E-state index in [1.807, 2.05) is 0 Å². The number of rotatable bonds is 14. The molecule has 2 fully saturated rings. The normalized spacial score (nSPS) is 39.6. The molecular weight excluding hydrogens is 440 g/mol.